The van der Waals surface area contributed by atoms with Gasteiger partial charge in [0.25, 0.3) is 0 Å². The second kappa shape index (κ2) is 12.2. The maximum atomic E-state index is 13.7. The van der Waals surface area contributed by atoms with Gasteiger partial charge in [0.05, 0.1) is 38.2 Å². The molecule has 0 aliphatic carbocycles. The Kier molecular flexibility index (Phi) is 9.00. The van der Waals surface area contributed by atoms with E-state index in [9.17, 15) is 19.6 Å². The van der Waals surface area contributed by atoms with Crippen molar-refractivity contribution in [3.63, 3.8) is 0 Å². The summed E-state index contributed by atoms with van der Waals surface area (Å²) in [6.07, 6.45) is -1.74. The molecule has 1 aliphatic rings. The lowest BCUT2D eigenvalue weighted by molar-refractivity contribution is -0.144. The molecular weight excluding hydrogens is 533 g/mol. The zero-order valence-corrected chi connectivity index (χ0v) is 22.5. The highest BCUT2D eigenvalue weighted by atomic mass is 31.2. The molecule has 6 N–H and O–H groups in total. The Morgan fingerprint density at radius 1 is 1.31 bits per heavy atom. The fraction of sp³-hybridized carbons (Fsp3) is 0.478. The van der Waals surface area contributed by atoms with E-state index in [1.54, 1.807) is 44.3 Å². The number of rotatable bonds is 12. The lowest BCUT2D eigenvalue weighted by Crippen LogP contribution is -2.37. The smallest absolute Gasteiger partial charge is 0.459 e. The number of fused-ring (bicyclic) bond motifs is 1. The minimum absolute atomic E-state index is 0.00614. The summed E-state index contributed by atoms with van der Waals surface area (Å²) < 4.78 is 37.5. The van der Waals surface area contributed by atoms with E-state index < -0.39 is 57.3 Å². The molecule has 1 aromatic carbocycles. The van der Waals surface area contributed by atoms with Gasteiger partial charge in [-0.2, -0.15) is 15.1 Å². The predicted molar refractivity (Wildman–Crippen MR) is 140 cm³/mol. The van der Waals surface area contributed by atoms with Crippen LogP contribution in [0.2, 0.25) is 0 Å². The van der Waals surface area contributed by atoms with Crippen LogP contribution >= 0.6 is 7.75 Å². The number of nitrogens with one attached hydrogen (secondary N) is 2. The van der Waals surface area contributed by atoms with Crippen LogP contribution in [-0.4, -0.2) is 80.8 Å². The van der Waals surface area contributed by atoms with Crippen LogP contribution in [0, 0.1) is 5.92 Å². The summed E-state index contributed by atoms with van der Waals surface area (Å²) in [5, 5.41) is 26.5. The van der Waals surface area contributed by atoms with Crippen molar-refractivity contribution in [3.8, 4) is 5.75 Å². The van der Waals surface area contributed by atoms with Crippen LogP contribution in [0.5, 0.6) is 5.75 Å². The van der Waals surface area contributed by atoms with Gasteiger partial charge in [0.2, 0.25) is 5.95 Å². The van der Waals surface area contributed by atoms with E-state index in [-0.39, 0.29) is 18.3 Å². The van der Waals surface area contributed by atoms with E-state index in [0.29, 0.717) is 17.0 Å². The molecule has 16 heteroatoms. The molecule has 0 amide bonds. The monoisotopic (exact) mass is 565 g/mol. The van der Waals surface area contributed by atoms with Gasteiger partial charge in [0, 0.05) is 7.05 Å². The second-order valence-corrected chi connectivity index (χ2v) is 10.4. The Morgan fingerprint density at radius 3 is 2.72 bits per heavy atom. The summed E-state index contributed by atoms with van der Waals surface area (Å²) in [6.45, 7) is 2.39. The number of ether oxygens (including phenoxy) is 2. The van der Waals surface area contributed by atoms with E-state index in [2.05, 4.69) is 25.4 Å². The molecule has 0 radical (unpaired) electrons. The average molecular weight is 566 g/mol. The molecule has 4 rings (SSSR count). The number of aromatic nitrogens is 4. The number of imidazole rings is 1. The molecule has 1 saturated heterocycles. The molecule has 0 spiro atoms. The van der Waals surface area contributed by atoms with Crippen molar-refractivity contribution in [2.75, 3.05) is 37.9 Å². The summed E-state index contributed by atoms with van der Waals surface area (Å²) in [5.74, 6) is -0.842. The van der Waals surface area contributed by atoms with Gasteiger partial charge in [-0.05, 0) is 26.0 Å². The van der Waals surface area contributed by atoms with Crippen molar-refractivity contribution in [1.29, 1.82) is 0 Å². The van der Waals surface area contributed by atoms with Gasteiger partial charge in [0.15, 0.2) is 17.0 Å². The highest BCUT2D eigenvalue weighted by molar-refractivity contribution is 7.52. The maximum Gasteiger partial charge on any atom is 0.459 e. The van der Waals surface area contributed by atoms with Gasteiger partial charge in [-0.3, -0.25) is 13.9 Å². The summed E-state index contributed by atoms with van der Waals surface area (Å²) >= 11 is 0. The first-order valence-corrected chi connectivity index (χ1v) is 13.8. The molecule has 212 valence electrons. The van der Waals surface area contributed by atoms with Crippen LogP contribution in [-0.2, 0) is 23.4 Å². The van der Waals surface area contributed by atoms with Crippen LogP contribution in [0.4, 0.5) is 11.8 Å². The standard InChI is InChI=1S/C23H32N7O8P/c1-4-35-22(33)13(2)29-39(34,38-14-8-6-5-7-9-14)36-11-16-18(32)15(10-31)21(37-16)30-12-26-17-19(25-3)27-23(24)28-20(17)30/h5-9,12-13,15-16,18,21,31-32H,4,10-11H2,1-3H3,(H,29,34)(H3,24,25,27,28)/t13-,15-,16+,18-,21+,39?/m0/s1. The minimum Gasteiger partial charge on any atom is -0.465 e. The van der Waals surface area contributed by atoms with Crippen molar-refractivity contribution in [3.05, 3.63) is 36.7 Å². The van der Waals surface area contributed by atoms with Gasteiger partial charge in [-0.15, -0.1) is 0 Å². The number of benzene rings is 1. The van der Waals surface area contributed by atoms with E-state index in [0.717, 1.165) is 0 Å². The number of aliphatic hydroxyl groups excluding tert-OH is 2. The van der Waals surface area contributed by atoms with Crippen LogP contribution < -0.4 is 20.7 Å². The number of nitrogens with two attached hydrogens (primary N) is 1. The van der Waals surface area contributed by atoms with Gasteiger partial charge < -0.3 is 35.3 Å². The zero-order valence-electron chi connectivity index (χ0n) is 21.6. The van der Waals surface area contributed by atoms with Gasteiger partial charge >= 0.3 is 13.7 Å². The fourth-order valence-corrected chi connectivity index (χ4v) is 5.65. The number of anilines is 2. The first kappa shape index (κ1) is 28.7. The Balaban J connectivity index is 1.55. The third-order valence-electron chi connectivity index (χ3n) is 6.03. The summed E-state index contributed by atoms with van der Waals surface area (Å²) in [6, 6.07) is 7.23. The molecule has 0 saturated carbocycles. The molecule has 3 heterocycles. The molecule has 15 nitrogen and oxygen atoms in total. The van der Waals surface area contributed by atoms with Crippen molar-refractivity contribution in [1.82, 2.24) is 24.6 Å². The number of hydrogen-bond acceptors (Lipinski definition) is 13. The lowest BCUT2D eigenvalue weighted by Gasteiger charge is -2.24. The van der Waals surface area contributed by atoms with Crippen molar-refractivity contribution in [2.24, 2.45) is 5.92 Å². The molecule has 0 bridgehead atoms. The average Bonchev–Trinajstić information content (AvgIpc) is 3.47. The molecule has 1 unspecified atom stereocenters. The van der Waals surface area contributed by atoms with Gasteiger partial charge in [-0.25, -0.2) is 9.55 Å². The number of carbonyl (C=O) groups excluding carboxylic acids is 1. The number of aliphatic hydroxyl groups is 2. The quantitative estimate of drug-likeness (QED) is 0.154. The molecular formula is C23H32N7O8P. The van der Waals surface area contributed by atoms with E-state index >= 15 is 0 Å². The van der Waals surface area contributed by atoms with Crippen LogP contribution in [0.1, 0.15) is 20.1 Å². The molecule has 1 fully saturated rings. The number of nitrogens with zero attached hydrogens (tertiary/aromatic N) is 4. The third-order valence-corrected chi connectivity index (χ3v) is 7.67. The predicted octanol–water partition coefficient (Wildman–Crippen LogP) is 1.06. The fourth-order valence-electron chi connectivity index (χ4n) is 4.15. The van der Waals surface area contributed by atoms with Gasteiger partial charge in [-0.1, -0.05) is 18.2 Å². The molecule has 39 heavy (non-hydrogen) atoms. The van der Waals surface area contributed by atoms with Crippen molar-refractivity contribution in [2.45, 2.75) is 38.3 Å². The van der Waals surface area contributed by atoms with E-state index in [1.807, 2.05) is 0 Å². The number of hydrogen-bond donors (Lipinski definition) is 5. The Hall–Kier alpha value is -3.33. The lowest BCUT2D eigenvalue weighted by atomic mass is 10.0. The minimum atomic E-state index is -4.19. The third kappa shape index (κ3) is 6.30. The Labute approximate surface area is 224 Å². The maximum absolute atomic E-state index is 13.7. The van der Waals surface area contributed by atoms with Gasteiger partial charge in [0.1, 0.15) is 24.1 Å². The van der Waals surface area contributed by atoms with Crippen LogP contribution in [0.15, 0.2) is 36.7 Å². The molecule has 6 atom stereocenters. The van der Waals surface area contributed by atoms with Crippen molar-refractivity contribution >= 4 is 36.6 Å². The normalized spacial score (nSPS) is 23.3. The van der Waals surface area contributed by atoms with E-state index in [4.69, 9.17) is 24.3 Å². The summed E-state index contributed by atoms with van der Waals surface area (Å²) in [4.78, 5) is 24.8. The summed E-state index contributed by atoms with van der Waals surface area (Å²) in [7, 11) is -2.53. The topological polar surface area (TPSA) is 205 Å². The number of esters is 1. The number of para-hydroxylation sites is 1. The first-order valence-electron chi connectivity index (χ1n) is 12.3. The second-order valence-electron chi connectivity index (χ2n) is 8.71. The Morgan fingerprint density at radius 2 is 2.05 bits per heavy atom. The van der Waals surface area contributed by atoms with Crippen molar-refractivity contribution < 1.29 is 38.1 Å². The number of nitrogen functional groups attached to an aromatic ring is 1. The first-order chi connectivity index (χ1) is 18.7. The zero-order chi connectivity index (χ0) is 28.2. The highest BCUT2D eigenvalue weighted by Gasteiger charge is 2.46. The Bertz CT molecular complexity index is 1330. The van der Waals surface area contributed by atoms with E-state index in [1.165, 1.54) is 17.8 Å². The molecule has 1 aliphatic heterocycles. The highest BCUT2D eigenvalue weighted by Crippen LogP contribution is 2.46. The SMILES string of the molecule is CCOC(=O)[C@H](C)NP(=O)(OC[C@H]1O[C@@H](n2cnc3c(NC)nc(N)nc32)[C@@H](CO)[C@@H]1O)Oc1ccccc1. The number of carbonyl (C=O) groups is 1. The molecule has 3 aromatic rings. The molecule has 2 aromatic heterocycles. The summed E-state index contributed by atoms with van der Waals surface area (Å²) in [5.41, 5.74) is 6.58. The largest absolute Gasteiger partial charge is 0.465 e. The van der Waals surface area contributed by atoms with Crippen LogP contribution in [0.25, 0.3) is 11.2 Å². The van der Waals surface area contributed by atoms with Crippen LogP contribution in [0.3, 0.4) is 0 Å².